The summed E-state index contributed by atoms with van der Waals surface area (Å²) in [6, 6.07) is 10.9. The molecule has 1 atom stereocenters. The largest absolute Gasteiger partial charge is 0.493 e. The van der Waals surface area contributed by atoms with E-state index in [1.165, 1.54) is 7.11 Å². The Kier molecular flexibility index (Phi) is 3.77. The number of anilines is 2. The van der Waals surface area contributed by atoms with Gasteiger partial charge in [-0.1, -0.05) is 12.1 Å². The molecule has 1 unspecified atom stereocenters. The second kappa shape index (κ2) is 5.92. The number of rotatable bonds is 2. The number of nitrogens with two attached hydrogens (primary N) is 2. The van der Waals surface area contributed by atoms with Crippen LogP contribution in [0.5, 0.6) is 17.4 Å². The summed E-state index contributed by atoms with van der Waals surface area (Å²) < 4.78 is 11.1. The Bertz CT molecular complexity index is 982. The first-order chi connectivity index (χ1) is 12.1. The van der Waals surface area contributed by atoms with Crippen LogP contribution in [0.4, 0.5) is 11.5 Å². The molecule has 0 fully saturated rings. The average Bonchev–Trinajstić information content (AvgIpc) is 2.61. The van der Waals surface area contributed by atoms with Crippen LogP contribution in [0.25, 0.3) is 0 Å². The van der Waals surface area contributed by atoms with Crippen molar-refractivity contribution in [3.8, 4) is 35.6 Å². The van der Waals surface area contributed by atoms with Gasteiger partial charge in [0.1, 0.15) is 23.4 Å². The van der Waals surface area contributed by atoms with Crippen molar-refractivity contribution in [1.29, 1.82) is 15.8 Å². The van der Waals surface area contributed by atoms with Gasteiger partial charge in [0, 0.05) is 17.0 Å². The van der Waals surface area contributed by atoms with Crippen molar-refractivity contribution in [2.75, 3.05) is 18.6 Å². The van der Waals surface area contributed by atoms with Gasteiger partial charge in [-0.05, 0) is 6.07 Å². The molecule has 4 N–H and O–H groups in total. The lowest BCUT2D eigenvalue weighted by molar-refractivity contribution is 0.358. The maximum atomic E-state index is 9.43. The minimum atomic E-state index is -1.06. The van der Waals surface area contributed by atoms with Crippen LogP contribution in [0.15, 0.2) is 18.2 Å². The standard InChI is InChI=1S/C17H12N6O2/c1-24-11-4-2-3-9-12(8(5-18)6-19)13-14(21)10(7-20)16(22)23-17(13)25-15(9)11/h2-4,8,12H,1H3,(H4,21,22,23). The van der Waals surface area contributed by atoms with Crippen molar-refractivity contribution >= 4 is 11.5 Å². The van der Waals surface area contributed by atoms with Gasteiger partial charge in [-0.3, -0.25) is 0 Å². The molecule has 25 heavy (non-hydrogen) atoms. The van der Waals surface area contributed by atoms with Crippen molar-refractivity contribution in [2.45, 2.75) is 5.92 Å². The van der Waals surface area contributed by atoms with E-state index in [2.05, 4.69) is 4.98 Å². The molecule has 1 aromatic carbocycles. The Morgan fingerprint density at radius 2 is 1.96 bits per heavy atom. The Balaban J connectivity index is 2.38. The molecule has 0 saturated carbocycles. The maximum Gasteiger partial charge on any atom is 0.227 e. The first-order valence-electron chi connectivity index (χ1n) is 7.20. The van der Waals surface area contributed by atoms with E-state index in [1.54, 1.807) is 18.2 Å². The zero-order valence-electron chi connectivity index (χ0n) is 13.1. The molecule has 0 saturated heterocycles. The number of methoxy groups -OCH3 is 1. The number of ether oxygens (including phenoxy) is 2. The molecule has 1 aliphatic rings. The molecule has 3 rings (SSSR count). The van der Waals surface area contributed by atoms with Crippen LogP contribution in [-0.2, 0) is 0 Å². The van der Waals surface area contributed by atoms with Gasteiger partial charge < -0.3 is 20.9 Å². The molecule has 8 heteroatoms. The topological polar surface area (TPSA) is 155 Å². The van der Waals surface area contributed by atoms with Crippen molar-refractivity contribution < 1.29 is 9.47 Å². The summed E-state index contributed by atoms with van der Waals surface area (Å²) in [5.74, 6) is -1.07. The molecule has 2 heterocycles. The molecule has 0 radical (unpaired) electrons. The summed E-state index contributed by atoms with van der Waals surface area (Å²) in [6.45, 7) is 0. The number of para-hydroxylation sites is 1. The van der Waals surface area contributed by atoms with Gasteiger partial charge in [0.25, 0.3) is 0 Å². The number of nitriles is 3. The third kappa shape index (κ3) is 2.23. The third-order valence-electron chi connectivity index (χ3n) is 4.07. The Hall–Kier alpha value is -3.96. The smallest absolute Gasteiger partial charge is 0.227 e. The number of fused-ring (bicyclic) bond motifs is 2. The highest BCUT2D eigenvalue weighted by atomic mass is 16.5. The second-order valence-corrected chi connectivity index (χ2v) is 5.31. The molecular formula is C17H12N6O2. The molecule has 2 aromatic rings. The SMILES string of the molecule is COc1cccc2c1Oc1nc(N)c(C#N)c(N)c1C2C(C#N)C#N. The molecule has 8 nitrogen and oxygen atoms in total. The zero-order chi connectivity index (χ0) is 18.1. The predicted octanol–water partition coefficient (Wildman–Crippen LogP) is 2.03. The van der Waals surface area contributed by atoms with Crippen LogP contribution in [-0.4, -0.2) is 12.1 Å². The first-order valence-corrected chi connectivity index (χ1v) is 7.20. The molecule has 0 spiro atoms. The van der Waals surface area contributed by atoms with Gasteiger partial charge in [-0.2, -0.15) is 20.8 Å². The Morgan fingerprint density at radius 1 is 1.24 bits per heavy atom. The number of aromatic nitrogens is 1. The van der Waals surface area contributed by atoms with Crippen LogP contribution in [0.3, 0.4) is 0 Å². The minimum Gasteiger partial charge on any atom is -0.493 e. The van der Waals surface area contributed by atoms with E-state index < -0.39 is 11.8 Å². The van der Waals surface area contributed by atoms with E-state index >= 15 is 0 Å². The van der Waals surface area contributed by atoms with E-state index in [9.17, 15) is 15.8 Å². The monoisotopic (exact) mass is 332 g/mol. The van der Waals surface area contributed by atoms with Crippen LogP contribution in [0.2, 0.25) is 0 Å². The molecular weight excluding hydrogens is 320 g/mol. The lowest BCUT2D eigenvalue weighted by Gasteiger charge is -2.30. The molecule has 122 valence electrons. The molecule has 1 aliphatic heterocycles. The van der Waals surface area contributed by atoms with Gasteiger partial charge in [0.2, 0.25) is 5.88 Å². The number of nitrogen functional groups attached to an aromatic ring is 2. The van der Waals surface area contributed by atoms with Crippen LogP contribution in [0.1, 0.15) is 22.6 Å². The minimum absolute atomic E-state index is 0.00618. The first kappa shape index (κ1) is 15.9. The fourth-order valence-electron chi connectivity index (χ4n) is 2.93. The molecule has 1 aromatic heterocycles. The van der Waals surface area contributed by atoms with Crippen molar-refractivity contribution in [3.05, 3.63) is 34.9 Å². The normalized spacial score (nSPS) is 14.3. The highest BCUT2D eigenvalue weighted by Crippen LogP contribution is 2.52. The highest BCUT2D eigenvalue weighted by molar-refractivity contribution is 5.75. The lowest BCUT2D eigenvalue weighted by Crippen LogP contribution is -2.21. The van der Waals surface area contributed by atoms with Gasteiger partial charge in [-0.15, -0.1) is 0 Å². The number of nitrogens with zero attached hydrogens (tertiary/aromatic N) is 4. The molecule has 0 amide bonds. The van der Waals surface area contributed by atoms with Gasteiger partial charge in [0.05, 0.1) is 24.9 Å². The highest BCUT2D eigenvalue weighted by Gasteiger charge is 2.39. The van der Waals surface area contributed by atoms with E-state index in [1.807, 2.05) is 18.2 Å². The predicted molar refractivity (Wildman–Crippen MR) is 87.4 cm³/mol. The average molecular weight is 332 g/mol. The fraction of sp³-hybridized carbons (Fsp3) is 0.176. The summed E-state index contributed by atoms with van der Waals surface area (Å²) in [7, 11) is 1.48. The second-order valence-electron chi connectivity index (χ2n) is 5.31. The summed E-state index contributed by atoms with van der Waals surface area (Å²) in [5, 5.41) is 28.1. The Labute approximate surface area is 143 Å². The van der Waals surface area contributed by atoms with Gasteiger partial charge in [-0.25, -0.2) is 0 Å². The fourth-order valence-corrected chi connectivity index (χ4v) is 2.93. The zero-order valence-corrected chi connectivity index (χ0v) is 13.1. The molecule has 0 aliphatic carbocycles. The number of hydrogen-bond donors (Lipinski definition) is 2. The third-order valence-corrected chi connectivity index (χ3v) is 4.07. The van der Waals surface area contributed by atoms with Crippen molar-refractivity contribution in [2.24, 2.45) is 5.92 Å². The summed E-state index contributed by atoms with van der Waals surface area (Å²) >= 11 is 0. The van der Waals surface area contributed by atoms with E-state index in [4.69, 9.17) is 20.9 Å². The van der Waals surface area contributed by atoms with Crippen LogP contribution in [0, 0.1) is 39.9 Å². The van der Waals surface area contributed by atoms with Crippen molar-refractivity contribution in [3.63, 3.8) is 0 Å². The maximum absolute atomic E-state index is 9.43. The summed E-state index contributed by atoms with van der Waals surface area (Å²) in [4.78, 5) is 4.10. The van der Waals surface area contributed by atoms with E-state index in [0.717, 1.165) is 0 Å². The lowest BCUT2D eigenvalue weighted by atomic mass is 9.79. The van der Waals surface area contributed by atoms with E-state index in [0.29, 0.717) is 22.6 Å². The van der Waals surface area contributed by atoms with Crippen LogP contribution >= 0.6 is 0 Å². The van der Waals surface area contributed by atoms with E-state index in [-0.39, 0.29) is 22.9 Å². The molecule has 0 bridgehead atoms. The number of pyridine rings is 1. The van der Waals surface area contributed by atoms with Gasteiger partial charge in [0.15, 0.2) is 11.5 Å². The van der Waals surface area contributed by atoms with Crippen LogP contribution < -0.4 is 20.9 Å². The number of hydrogen-bond acceptors (Lipinski definition) is 8. The summed E-state index contributed by atoms with van der Waals surface area (Å²) in [5.41, 5.74) is 12.8. The number of benzene rings is 1. The van der Waals surface area contributed by atoms with Crippen molar-refractivity contribution in [1.82, 2.24) is 4.98 Å². The summed E-state index contributed by atoms with van der Waals surface area (Å²) in [6.07, 6.45) is 0. The van der Waals surface area contributed by atoms with Gasteiger partial charge >= 0.3 is 0 Å². The quantitative estimate of drug-likeness (QED) is 0.846. The Morgan fingerprint density at radius 3 is 2.56 bits per heavy atom.